The lowest BCUT2D eigenvalue weighted by Gasteiger charge is -2.25. The van der Waals surface area contributed by atoms with Gasteiger partial charge in [-0.05, 0) is 12.8 Å². The van der Waals surface area contributed by atoms with Crippen LogP contribution in [-0.2, 0) is 13.4 Å². The highest BCUT2D eigenvalue weighted by atomic mass is 31.3. The first-order valence-electron chi connectivity index (χ1n) is 4.40. The molecule has 1 saturated carbocycles. The summed E-state index contributed by atoms with van der Waals surface area (Å²) in [4.78, 5) is 26.2. The minimum absolute atomic E-state index is 0. The minimum atomic E-state index is -4.87. The summed E-state index contributed by atoms with van der Waals surface area (Å²) in [5.74, 6) is 0. The van der Waals surface area contributed by atoms with Crippen LogP contribution >= 0.6 is 15.4 Å². The molecule has 1 unspecified atom stereocenters. The molecule has 0 radical (unpaired) electrons. The normalized spacial score (nSPS) is 22.9. The molecule has 0 aliphatic heterocycles. The summed E-state index contributed by atoms with van der Waals surface area (Å²) in [5.41, 5.74) is -0.621. The van der Waals surface area contributed by atoms with Crippen molar-refractivity contribution in [1.29, 1.82) is 0 Å². The van der Waals surface area contributed by atoms with Crippen molar-refractivity contribution in [3.8, 4) is 0 Å². The standard InChI is InChI=1S/C6H14O6P2.CH4/c7-13(8,12-14(9,10)11)6-4-2-1-3-5-6;/h6H,1-5H2,(H,7,8)(H2,9,10,11);1H4. The molecule has 0 bridgehead atoms. The van der Waals surface area contributed by atoms with Gasteiger partial charge in [0.15, 0.2) is 0 Å². The molecule has 92 valence electrons. The second kappa shape index (κ2) is 5.58. The van der Waals surface area contributed by atoms with E-state index in [1.165, 1.54) is 0 Å². The molecule has 0 spiro atoms. The van der Waals surface area contributed by atoms with Gasteiger partial charge in [0.05, 0.1) is 5.66 Å². The Balaban J connectivity index is 0.00000196. The Labute approximate surface area is 89.4 Å². The molecule has 0 aromatic carbocycles. The summed E-state index contributed by atoms with van der Waals surface area (Å²) >= 11 is 0. The second-order valence-electron chi connectivity index (χ2n) is 3.43. The summed E-state index contributed by atoms with van der Waals surface area (Å²) in [6.07, 6.45) is 3.59. The van der Waals surface area contributed by atoms with E-state index in [4.69, 9.17) is 9.79 Å². The van der Waals surface area contributed by atoms with Gasteiger partial charge in [0.25, 0.3) is 0 Å². The number of rotatable bonds is 3. The van der Waals surface area contributed by atoms with Gasteiger partial charge in [-0.3, -0.25) is 4.57 Å². The van der Waals surface area contributed by atoms with Crippen LogP contribution in [0.4, 0.5) is 0 Å². The molecule has 0 aromatic rings. The zero-order chi connectivity index (χ0) is 10.8. The van der Waals surface area contributed by atoms with Gasteiger partial charge in [-0.2, -0.15) is 0 Å². The smallest absolute Gasteiger partial charge is 0.324 e. The topological polar surface area (TPSA) is 104 Å². The third-order valence-electron chi connectivity index (χ3n) is 2.26. The predicted octanol–water partition coefficient (Wildman–Crippen LogP) is 2.25. The zero-order valence-corrected chi connectivity index (χ0v) is 9.36. The van der Waals surface area contributed by atoms with Gasteiger partial charge in [-0.1, -0.05) is 26.7 Å². The van der Waals surface area contributed by atoms with Gasteiger partial charge in [-0.15, -0.1) is 0 Å². The molecule has 1 fully saturated rings. The van der Waals surface area contributed by atoms with Crippen molar-refractivity contribution in [2.75, 3.05) is 0 Å². The van der Waals surface area contributed by atoms with E-state index in [9.17, 15) is 14.0 Å². The predicted molar refractivity (Wildman–Crippen MR) is 56.6 cm³/mol. The van der Waals surface area contributed by atoms with Gasteiger partial charge in [0.1, 0.15) is 0 Å². The third-order valence-corrected chi connectivity index (χ3v) is 5.49. The van der Waals surface area contributed by atoms with Gasteiger partial charge < -0.3 is 14.7 Å². The molecule has 8 heteroatoms. The maximum Gasteiger partial charge on any atom is 0.476 e. The Morgan fingerprint density at radius 1 is 1.00 bits per heavy atom. The SMILES string of the molecule is C.O=P(O)(O)OP(=O)(O)C1CCCCC1. The lowest BCUT2D eigenvalue weighted by Crippen LogP contribution is -2.13. The van der Waals surface area contributed by atoms with Crippen LogP contribution in [0.2, 0.25) is 0 Å². The van der Waals surface area contributed by atoms with Crippen molar-refractivity contribution in [2.45, 2.75) is 45.2 Å². The monoisotopic (exact) mass is 260 g/mol. The minimum Gasteiger partial charge on any atom is -0.324 e. The maximum atomic E-state index is 11.4. The van der Waals surface area contributed by atoms with Crippen LogP contribution in [0.3, 0.4) is 0 Å². The number of hydrogen-bond acceptors (Lipinski definition) is 3. The summed E-state index contributed by atoms with van der Waals surface area (Å²) in [7, 11) is -9.02. The van der Waals surface area contributed by atoms with E-state index in [0.29, 0.717) is 12.8 Å². The molecule has 1 rings (SSSR count). The van der Waals surface area contributed by atoms with E-state index in [-0.39, 0.29) is 7.43 Å². The van der Waals surface area contributed by atoms with Crippen LogP contribution in [0.25, 0.3) is 0 Å². The quantitative estimate of drug-likeness (QED) is 0.672. The van der Waals surface area contributed by atoms with Crippen LogP contribution in [0.15, 0.2) is 0 Å². The second-order valence-corrected chi connectivity index (χ2v) is 6.92. The maximum absolute atomic E-state index is 11.4. The molecule has 15 heavy (non-hydrogen) atoms. The van der Waals surface area contributed by atoms with Crippen molar-refractivity contribution < 1.29 is 28.1 Å². The van der Waals surface area contributed by atoms with Crippen LogP contribution in [0.1, 0.15) is 39.5 Å². The summed E-state index contributed by atoms with van der Waals surface area (Å²) in [6.45, 7) is 0. The Hall–Kier alpha value is 0.300. The first-order valence-corrected chi connectivity index (χ1v) is 7.58. The molecule has 1 aliphatic rings. The Morgan fingerprint density at radius 2 is 1.47 bits per heavy atom. The molecule has 0 heterocycles. The fourth-order valence-electron chi connectivity index (χ4n) is 1.63. The van der Waals surface area contributed by atoms with Gasteiger partial charge in [-0.25, -0.2) is 8.88 Å². The average molecular weight is 260 g/mol. The molecular formula is C7H18O6P2. The van der Waals surface area contributed by atoms with Crippen LogP contribution in [-0.4, -0.2) is 20.3 Å². The van der Waals surface area contributed by atoms with Crippen LogP contribution in [0.5, 0.6) is 0 Å². The molecule has 6 nitrogen and oxygen atoms in total. The highest BCUT2D eigenvalue weighted by molar-refractivity contribution is 7.64. The van der Waals surface area contributed by atoms with Gasteiger partial charge in [0, 0.05) is 0 Å². The van der Waals surface area contributed by atoms with Crippen molar-refractivity contribution in [1.82, 2.24) is 0 Å². The highest BCUT2D eigenvalue weighted by Gasteiger charge is 2.39. The Kier molecular flexibility index (Phi) is 5.69. The van der Waals surface area contributed by atoms with Crippen LogP contribution in [0, 0.1) is 0 Å². The zero-order valence-electron chi connectivity index (χ0n) is 7.57. The molecule has 0 aromatic heterocycles. The van der Waals surface area contributed by atoms with E-state index >= 15 is 0 Å². The largest absolute Gasteiger partial charge is 0.476 e. The Morgan fingerprint density at radius 3 is 1.87 bits per heavy atom. The van der Waals surface area contributed by atoms with E-state index < -0.39 is 21.1 Å². The molecule has 3 N–H and O–H groups in total. The lowest BCUT2D eigenvalue weighted by atomic mass is 10.0. The van der Waals surface area contributed by atoms with Gasteiger partial charge in [0.2, 0.25) is 0 Å². The summed E-state index contributed by atoms with van der Waals surface area (Å²) in [5, 5.41) is 0. The van der Waals surface area contributed by atoms with Crippen molar-refractivity contribution in [3.05, 3.63) is 0 Å². The van der Waals surface area contributed by atoms with Gasteiger partial charge >= 0.3 is 15.4 Å². The van der Waals surface area contributed by atoms with Crippen molar-refractivity contribution >= 4 is 15.4 Å². The molecule has 0 amide bonds. The molecule has 0 saturated heterocycles. The van der Waals surface area contributed by atoms with Crippen molar-refractivity contribution in [2.24, 2.45) is 0 Å². The Bertz CT molecular complexity index is 279. The number of hydrogen-bond donors (Lipinski definition) is 3. The molecular weight excluding hydrogens is 242 g/mol. The van der Waals surface area contributed by atoms with E-state index in [1.807, 2.05) is 0 Å². The number of phosphoric acid groups is 1. The fourth-order valence-corrected chi connectivity index (χ4v) is 4.40. The molecule has 1 aliphatic carbocycles. The van der Waals surface area contributed by atoms with E-state index in [0.717, 1.165) is 19.3 Å². The van der Waals surface area contributed by atoms with E-state index in [1.54, 1.807) is 0 Å². The first kappa shape index (κ1) is 15.3. The van der Waals surface area contributed by atoms with E-state index in [2.05, 4.69) is 4.31 Å². The summed E-state index contributed by atoms with van der Waals surface area (Å²) < 4.78 is 25.8. The highest BCUT2D eigenvalue weighted by Crippen LogP contribution is 2.62. The fraction of sp³-hybridized carbons (Fsp3) is 1.00. The first-order chi connectivity index (χ1) is 6.31. The molecule has 1 atom stereocenters. The summed E-state index contributed by atoms with van der Waals surface area (Å²) in [6, 6.07) is 0. The van der Waals surface area contributed by atoms with Crippen molar-refractivity contribution in [3.63, 3.8) is 0 Å². The van der Waals surface area contributed by atoms with Crippen LogP contribution < -0.4 is 0 Å². The third kappa shape index (κ3) is 5.25. The average Bonchev–Trinajstić information content (AvgIpc) is 2.01. The lowest BCUT2D eigenvalue weighted by molar-refractivity contribution is 0.254.